The number of hydrogen-bond donors (Lipinski definition) is 2. The number of likely N-dealkylation sites (tertiary alicyclic amines) is 1. The van der Waals surface area contributed by atoms with Crippen LogP contribution in [-0.2, 0) is 4.79 Å². The molecule has 0 atom stereocenters. The van der Waals surface area contributed by atoms with Crippen LogP contribution in [0.2, 0.25) is 0 Å². The third kappa shape index (κ3) is 6.57. The van der Waals surface area contributed by atoms with E-state index in [-0.39, 0.29) is 23.8 Å². The first-order valence-electron chi connectivity index (χ1n) is 11.2. The van der Waals surface area contributed by atoms with Crippen LogP contribution in [0, 0.1) is 0 Å². The Bertz CT molecular complexity index is 908. The van der Waals surface area contributed by atoms with E-state index in [9.17, 15) is 14.4 Å². The summed E-state index contributed by atoms with van der Waals surface area (Å²) >= 11 is 0. The van der Waals surface area contributed by atoms with Crippen LogP contribution < -0.4 is 15.4 Å². The highest BCUT2D eigenvalue weighted by molar-refractivity contribution is 5.97. The SMILES string of the molecule is CCOc1ccccc1C(=O)NCCCC(=O)N1CCC(NC(=O)c2ccccc2)CC1. The van der Waals surface area contributed by atoms with Crippen molar-refractivity contribution in [3.05, 3.63) is 65.7 Å². The average Bonchev–Trinajstić information content (AvgIpc) is 2.83. The monoisotopic (exact) mass is 437 g/mol. The predicted molar refractivity (Wildman–Crippen MR) is 123 cm³/mol. The zero-order valence-corrected chi connectivity index (χ0v) is 18.5. The van der Waals surface area contributed by atoms with Gasteiger partial charge in [-0.15, -0.1) is 0 Å². The van der Waals surface area contributed by atoms with Gasteiger partial charge in [-0.3, -0.25) is 14.4 Å². The molecule has 32 heavy (non-hydrogen) atoms. The maximum atomic E-state index is 12.5. The molecule has 1 aliphatic heterocycles. The Morgan fingerprint density at radius 3 is 2.38 bits per heavy atom. The number of ether oxygens (including phenoxy) is 1. The molecule has 3 amide bonds. The minimum absolute atomic E-state index is 0.0722. The summed E-state index contributed by atoms with van der Waals surface area (Å²) in [5.41, 5.74) is 1.15. The van der Waals surface area contributed by atoms with Crippen LogP contribution >= 0.6 is 0 Å². The number of para-hydroxylation sites is 1. The molecule has 2 N–H and O–H groups in total. The first-order chi connectivity index (χ1) is 15.6. The maximum Gasteiger partial charge on any atom is 0.255 e. The van der Waals surface area contributed by atoms with Crippen LogP contribution in [0.3, 0.4) is 0 Å². The van der Waals surface area contributed by atoms with E-state index in [1.54, 1.807) is 30.3 Å². The lowest BCUT2D eigenvalue weighted by Crippen LogP contribution is -2.46. The Kier molecular flexibility index (Phi) is 8.66. The van der Waals surface area contributed by atoms with Gasteiger partial charge in [0.05, 0.1) is 12.2 Å². The highest BCUT2D eigenvalue weighted by atomic mass is 16.5. The van der Waals surface area contributed by atoms with Crippen molar-refractivity contribution >= 4 is 17.7 Å². The van der Waals surface area contributed by atoms with Gasteiger partial charge in [-0.05, 0) is 50.5 Å². The molecule has 0 radical (unpaired) electrons. The summed E-state index contributed by atoms with van der Waals surface area (Å²) in [6.45, 7) is 4.06. The molecule has 1 aliphatic rings. The zero-order chi connectivity index (χ0) is 22.8. The van der Waals surface area contributed by atoms with Crippen LogP contribution in [0.1, 0.15) is 53.3 Å². The van der Waals surface area contributed by atoms with E-state index in [0.29, 0.717) is 56.0 Å². The number of hydrogen-bond acceptors (Lipinski definition) is 4. The standard InChI is InChI=1S/C25H31N3O4/c1-2-32-22-12-7-6-11-21(22)25(31)26-16-8-13-23(29)28-17-14-20(15-18-28)27-24(30)19-9-4-3-5-10-19/h3-7,9-12,20H,2,8,13-18H2,1H3,(H,26,31)(H,27,30). The van der Waals surface area contributed by atoms with Crippen molar-refractivity contribution in [2.45, 2.75) is 38.6 Å². The smallest absolute Gasteiger partial charge is 0.255 e. The fourth-order valence-corrected chi connectivity index (χ4v) is 3.76. The highest BCUT2D eigenvalue weighted by Crippen LogP contribution is 2.18. The summed E-state index contributed by atoms with van der Waals surface area (Å²) in [7, 11) is 0. The summed E-state index contributed by atoms with van der Waals surface area (Å²) in [6, 6.07) is 16.4. The predicted octanol–water partition coefficient (Wildman–Crippen LogP) is 3.02. The molecule has 170 valence electrons. The summed E-state index contributed by atoms with van der Waals surface area (Å²) in [5, 5.41) is 5.92. The number of nitrogens with zero attached hydrogens (tertiary/aromatic N) is 1. The summed E-state index contributed by atoms with van der Waals surface area (Å²) in [4.78, 5) is 39.0. The number of nitrogens with one attached hydrogen (secondary N) is 2. The van der Waals surface area contributed by atoms with Gasteiger partial charge in [0.25, 0.3) is 11.8 Å². The number of carbonyl (C=O) groups excluding carboxylic acids is 3. The van der Waals surface area contributed by atoms with Crippen LogP contribution in [0.15, 0.2) is 54.6 Å². The Morgan fingerprint density at radius 1 is 0.969 bits per heavy atom. The number of rotatable bonds is 9. The second kappa shape index (κ2) is 11.9. The van der Waals surface area contributed by atoms with Crippen molar-refractivity contribution in [3.63, 3.8) is 0 Å². The van der Waals surface area contributed by atoms with Gasteiger partial charge < -0.3 is 20.3 Å². The second-order valence-electron chi connectivity index (χ2n) is 7.78. The summed E-state index contributed by atoms with van der Waals surface area (Å²) < 4.78 is 5.49. The molecule has 0 bridgehead atoms. The van der Waals surface area contributed by atoms with E-state index < -0.39 is 0 Å². The van der Waals surface area contributed by atoms with Crippen LogP contribution in [0.5, 0.6) is 5.75 Å². The van der Waals surface area contributed by atoms with Gasteiger partial charge in [0.1, 0.15) is 5.75 Å². The van der Waals surface area contributed by atoms with Gasteiger partial charge >= 0.3 is 0 Å². The van der Waals surface area contributed by atoms with E-state index in [1.165, 1.54) is 0 Å². The van der Waals surface area contributed by atoms with Crippen LogP contribution in [0.25, 0.3) is 0 Å². The van der Waals surface area contributed by atoms with Gasteiger partial charge in [-0.1, -0.05) is 30.3 Å². The van der Waals surface area contributed by atoms with Gasteiger partial charge in [-0.2, -0.15) is 0 Å². The van der Waals surface area contributed by atoms with Crippen molar-refractivity contribution in [1.29, 1.82) is 0 Å². The van der Waals surface area contributed by atoms with E-state index >= 15 is 0 Å². The van der Waals surface area contributed by atoms with Gasteiger partial charge in [0.15, 0.2) is 0 Å². The van der Waals surface area contributed by atoms with Crippen molar-refractivity contribution in [1.82, 2.24) is 15.5 Å². The molecule has 0 aliphatic carbocycles. The molecule has 2 aromatic rings. The van der Waals surface area contributed by atoms with E-state index in [1.807, 2.05) is 36.1 Å². The van der Waals surface area contributed by atoms with Crippen LogP contribution in [-0.4, -0.2) is 54.9 Å². The fraction of sp³-hybridized carbons (Fsp3) is 0.400. The molecule has 1 heterocycles. The second-order valence-corrected chi connectivity index (χ2v) is 7.78. The first-order valence-corrected chi connectivity index (χ1v) is 11.2. The average molecular weight is 438 g/mol. The largest absolute Gasteiger partial charge is 0.493 e. The Morgan fingerprint density at radius 2 is 1.66 bits per heavy atom. The number of benzene rings is 2. The van der Waals surface area contributed by atoms with E-state index in [4.69, 9.17) is 4.74 Å². The molecular formula is C25H31N3O4. The molecule has 0 spiro atoms. The summed E-state index contributed by atoms with van der Waals surface area (Å²) in [5.74, 6) is 0.376. The molecule has 1 saturated heterocycles. The highest BCUT2D eigenvalue weighted by Gasteiger charge is 2.24. The molecule has 0 aromatic heterocycles. The quantitative estimate of drug-likeness (QED) is 0.591. The van der Waals surface area contributed by atoms with Crippen LogP contribution in [0.4, 0.5) is 0 Å². The number of carbonyl (C=O) groups is 3. The molecular weight excluding hydrogens is 406 g/mol. The van der Waals surface area contributed by atoms with Gasteiger partial charge in [-0.25, -0.2) is 0 Å². The zero-order valence-electron chi connectivity index (χ0n) is 18.5. The van der Waals surface area contributed by atoms with E-state index in [2.05, 4.69) is 10.6 Å². The third-order valence-corrected chi connectivity index (χ3v) is 5.50. The fourth-order valence-electron chi connectivity index (χ4n) is 3.76. The minimum atomic E-state index is -0.198. The van der Waals surface area contributed by atoms with Crippen molar-refractivity contribution < 1.29 is 19.1 Å². The van der Waals surface area contributed by atoms with E-state index in [0.717, 1.165) is 12.8 Å². The van der Waals surface area contributed by atoms with Gasteiger partial charge in [0.2, 0.25) is 5.91 Å². The first kappa shape index (κ1) is 23.3. The Hall–Kier alpha value is -3.35. The van der Waals surface area contributed by atoms with Crippen molar-refractivity contribution in [2.75, 3.05) is 26.2 Å². The maximum absolute atomic E-state index is 12.5. The summed E-state index contributed by atoms with van der Waals surface area (Å²) in [6.07, 6.45) is 2.45. The minimum Gasteiger partial charge on any atom is -0.493 e. The molecule has 2 aromatic carbocycles. The third-order valence-electron chi connectivity index (χ3n) is 5.50. The number of piperidine rings is 1. The molecule has 0 unspecified atom stereocenters. The van der Waals surface area contributed by atoms with Crippen molar-refractivity contribution in [3.8, 4) is 5.75 Å². The van der Waals surface area contributed by atoms with Gasteiger partial charge in [0, 0.05) is 37.7 Å². The normalized spacial score (nSPS) is 14.0. The van der Waals surface area contributed by atoms with Crippen molar-refractivity contribution in [2.24, 2.45) is 0 Å². The Balaban J connectivity index is 1.35. The lowest BCUT2D eigenvalue weighted by Gasteiger charge is -2.32. The number of amides is 3. The lowest BCUT2D eigenvalue weighted by molar-refractivity contribution is -0.132. The molecule has 0 saturated carbocycles. The molecule has 3 rings (SSSR count). The topological polar surface area (TPSA) is 87.7 Å². The molecule has 7 heteroatoms. The molecule has 1 fully saturated rings. The lowest BCUT2D eigenvalue weighted by atomic mass is 10.0. The molecule has 7 nitrogen and oxygen atoms in total. The Labute approximate surface area is 189 Å².